The molecule has 2 atom stereocenters. The molecule has 0 amide bonds. The van der Waals surface area contributed by atoms with Gasteiger partial charge in [0.2, 0.25) is 0 Å². The van der Waals surface area contributed by atoms with Crippen LogP contribution in [0.2, 0.25) is 0 Å². The first-order valence-corrected chi connectivity index (χ1v) is 5.71. The van der Waals surface area contributed by atoms with Gasteiger partial charge in [-0.3, -0.25) is 0 Å². The molecule has 0 bridgehead atoms. The minimum atomic E-state index is 0.516. The molecule has 16 heavy (non-hydrogen) atoms. The molecule has 0 spiro atoms. The van der Waals surface area contributed by atoms with Gasteiger partial charge in [-0.15, -0.1) is 0 Å². The van der Waals surface area contributed by atoms with Crippen LogP contribution in [0.3, 0.4) is 0 Å². The second kappa shape index (κ2) is 4.74. The largest absolute Gasteiger partial charge is 0.497 e. The van der Waals surface area contributed by atoms with Crippen LogP contribution in [0.4, 0.5) is 0 Å². The Hall–Kier alpha value is -1.22. The SMILES string of the molecule is COc1ccc(C2CCNC2C)c(OC)c1. The molecule has 88 valence electrons. The van der Waals surface area contributed by atoms with Crippen LogP contribution < -0.4 is 14.8 Å². The predicted octanol–water partition coefficient (Wildman–Crippen LogP) is 2.17. The molecule has 0 aliphatic carbocycles. The van der Waals surface area contributed by atoms with Gasteiger partial charge in [-0.25, -0.2) is 0 Å². The van der Waals surface area contributed by atoms with Gasteiger partial charge in [0.1, 0.15) is 11.5 Å². The van der Waals surface area contributed by atoms with Crippen molar-refractivity contribution in [2.75, 3.05) is 20.8 Å². The van der Waals surface area contributed by atoms with Crippen molar-refractivity contribution in [3.63, 3.8) is 0 Å². The normalized spacial score (nSPS) is 24.4. The van der Waals surface area contributed by atoms with Crippen LogP contribution >= 0.6 is 0 Å². The van der Waals surface area contributed by atoms with Gasteiger partial charge in [-0.2, -0.15) is 0 Å². The van der Waals surface area contributed by atoms with Crippen molar-refractivity contribution in [2.24, 2.45) is 0 Å². The van der Waals surface area contributed by atoms with Gasteiger partial charge >= 0.3 is 0 Å². The summed E-state index contributed by atoms with van der Waals surface area (Å²) in [7, 11) is 3.39. The van der Waals surface area contributed by atoms with E-state index in [1.165, 1.54) is 12.0 Å². The highest BCUT2D eigenvalue weighted by molar-refractivity contribution is 5.43. The molecular weight excluding hydrogens is 202 g/mol. The Morgan fingerprint density at radius 1 is 1.25 bits per heavy atom. The van der Waals surface area contributed by atoms with Crippen LogP contribution in [0, 0.1) is 0 Å². The maximum absolute atomic E-state index is 5.44. The van der Waals surface area contributed by atoms with Crippen molar-refractivity contribution in [3.8, 4) is 11.5 Å². The van der Waals surface area contributed by atoms with E-state index in [1.807, 2.05) is 12.1 Å². The second-order valence-electron chi connectivity index (χ2n) is 4.25. The van der Waals surface area contributed by atoms with Crippen LogP contribution in [0.5, 0.6) is 11.5 Å². The molecular formula is C13H19NO2. The van der Waals surface area contributed by atoms with Crippen LogP contribution in [0.1, 0.15) is 24.8 Å². The van der Waals surface area contributed by atoms with Crippen LogP contribution in [-0.4, -0.2) is 26.8 Å². The second-order valence-corrected chi connectivity index (χ2v) is 4.25. The van der Waals surface area contributed by atoms with Crippen molar-refractivity contribution in [1.82, 2.24) is 5.32 Å². The summed E-state index contributed by atoms with van der Waals surface area (Å²) in [5.41, 5.74) is 1.28. The average Bonchev–Trinajstić information content (AvgIpc) is 2.74. The van der Waals surface area contributed by atoms with Crippen molar-refractivity contribution in [3.05, 3.63) is 23.8 Å². The Morgan fingerprint density at radius 3 is 2.62 bits per heavy atom. The van der Waals surface area contributed by atoms with E-state index in [2.05, 4.69) is 18.3 Å². The Balaban J connectivity index is 2.32. The highest BCUT2D eigenvalue weighted by atomic mass is 16.5. The molecule has 1 aliphatic heterocycles. The summed E-state index contributed by atoms with van der Waals surface area (Å²) in [6.07, 6.45) is 1.17. The molecule has 1 aromatic carbocycles. The molecule has 3 nitrogen and oxygen atoms in total. The maximum atomic E-state index is 5.44. The van der Waals surface area contributed by atoms with Gasteiger partial charge in [0, 0.05) is 18.0 Å². The van der Waals surface area contributed by atoms with E-state index in [1.54, 1.807) is 14.2 Å². The Kier molecular flexibility index (Phi) is 3.34. The Bertz CT molecular complexity index is 365. The number of benzene rings is 1. The molecule has 2 unspecified atom stereocenters. The summed E-state index contributed by atoms with van der Waals surface area (Å²) in [6.45, 7) is 3.31. The number of methoxy groups -OCH3 is 2. The van der Waals surface area contributed by atoms with Crippen molar-refractivity contribution >= 4 is 0 Å². The predicted molar refractivity (Wildman–Crippen MR) is 64.4 cm³/mol. The molecule has 0 radical (unpaired) electrons. The molecule has 0 saturated carbocycles. The molecule has 1 aromatic rings. The molecule has 0 aromatic heterocycles. The zero-order valence-electron chi connectivity index (χ0n) is 10.1. The van der Waals surface area contributed by atoms with Crippen molar-refractivity contribution in [2.45, 2.75) is 25.3 Å². The zero-order chi connectivity index (χ0) is 11.5. The first kappa shape index (κ1) is 11.3. The highest BCUT2D eigenvalue weighted by Gasteiger charge is 2.26. The molecule has 1 fully saturated rings. The summed E-state index contributed by atoms with van der Waals surface area (Å²) < 4.78 is 10.6. The highest BCUT2D eigenvalue weighted by Crippen LogP contribution is 2.36. The zero-order valence-corrected chi connectivity index (χ0v) is 10.1. The topological polar surface area (TPSA) is 30.5 Å². The number of hydrogen-bond donors (Lipinski definition) is 1. The van der Waals surface area contributed by atoms with Crippen molar-refractivity contribution < 1.29 is 9.47 Å². The van der Waals surface area contributed by atoms with E-state index in [4.69, 9.17) is 9.47 Å². The lowest BCUT2D eigenvalue weighted by Gasteiger charge is -2.19. The fourth-order valence-electron chi connectivity index (χ4n) is 2.41. The van der Waals surface area contributed by atoms with E-state index < -0.39 is 0 Å². The van der Waals surface area contributed by atoms with Gasteiger partial charge in [0.15, 0.2) is 0 Å². The number of ether oxygens (including phenoxy) is 2. The summed E-state index contributed by atoms with van der Waals surface area (Å²) in [5, 5.41) is 3.46. The van der Waals surface area contributed by atoms with Gasteiger partial charge in [-0.05, 0) is 31.5 Å². The average molecular weight is 221 g/mol. The molecule has 3 heteroatoms. The van der Waals surface area contributed by atoms with Gasteiger partial charge in [0.05, 0.1) is 14.2 Å². The van der Waals surface area contributed by atoms with E-state index >= 15 is 0 Å². The van der Waals surface area contributed by atoms with Gasteiger partial charge in [-0.1, -0.05) is 6.07 Å². The van der Waals surface area contributed by atoms with E-state index in [0.717, 1.165) is 18.0 Å². The van der Waals surface area contributed by atoms with Crippen LogP contribution in [0.25, 0.3) is 0 Å². The molecule has 1 aliphatic rings. The Morgan fingerprint density at radius 2 is 2.06 bits per heavy atom. The van der Waals surface area contributed by atoms with Gasteiger partial charge < -0.3 is 14.8 Å². The standard InChI is InChI=1S/C13H19NO2/c1-9-11(6-7-14-9)12-5-4-10(15-2)8-13(12)16-3/h4-5,8-9,11,14H,6-7H2,1-3H3. The third-order valence-electron chi connectivity index (χ3n) is 3.37. The third-order valence-corrected chi connectivity index (χ3v) is 3.37. The number of rotatable bonds is 3. The lowest BCUT2D eigenvalue weighted by Crippen LogP contribution is -2.21. The maximum Gasteiger partial charge on any atom is 0.126 e. The minimum Gasteiger partial charge on any atom is -0.497 e. The van der Waals surface area contributed by atoms with Crippen LogP contribution in [-0.2, 0) is 0 Å². The van der Waals surface area contributed by atoms with E-state index in [-0.39, 0.29) is 0 Å². The Labute approximate surface area is 96.8 Å². The van der Waals surface area contributed by atoms with E-state index in [9.17, 15) is 0 Å². The summed E-state index contributed by atoms with van der Waals surface area (Å²) in [6, 6.07) is 6.59. The lowest BCUT2D eigenvalue weighted by atomic mass is 9.92. The van der Waals surface area contributed by atoms with Crippen LogP contribution in [0.15, 0.2) is 18.2 Å². The monoisotopic (exact) mass is 221 g/mol. The number of nitrogens with one attached hydrogen (secondary N) is 1. The minimum absolute atomic E-state index is 0.516. The first-order valence-electron chi connectivity index (χ1n) is 5.71. The van der Waals surface area contributed by atoms with Crippen molar-refractivity contribution in [1.29, 1.82) is 0 Å². The third kappa shape index (κ3) is 2.00. The molecule has 1 saturated heterocycles. The van der Waals surface area contributed by atoms with E-state index in [0.29, 0.717) is 12.0 Å². The summed E-state index contributed by atoms with van der Waals surface area (Å²) in [4.78, 5) is 0. The molecule has 2 rings (SSSR count). The first-order chi connectivity index (χ1) is 7.76. The summed E-state index contributed by atoms with van der Waals surface area (Å²) in [5.74, 6) is 2.32. The fourth-order valence-corrected chi connectivity index (χ4v) is 2.41. The fraction of sp³-hybridized carbons (Fsp3) is 0.538. The quantitative estimate of drug-likeness (QED) is 0.848. The van der Waals surface area contributed by atoms with Gasteiger partial charge in [0.25, 0.3) is 0 Å². The molecule has 1 N–H and O–H groups in total. The number of hydrogen-bond acceptors (Lipinski definition) is 3. The lowest BCUT2D eigenvalue weighted by molar-refractivity contribution is 0.387. The summed E-state index contributed by atoms with van der Waals surface area (Å²) >= 11 is 0. The molecule has 1 heterocycles. The smallest absolute Gasteiger partial charge is 0.126 e.